The lowest BCUT2D eigenvalue weighted by Gasteiger charge is -2.33. The normalized spacial score (nSPS) is 15.2. The van der Waals surface area contributed by atoms with Gasteiger partial charge in [0.1, 0.15) is 11.3 Å². The first-order chi connectivity index (χ1) is 14.6. The maximum Gasteiger partial charge on any atom is 0.274 e. The van der Waals surface area contributed by atoms with Gasteiger partial charge in [0, 0.05) is 44.3 Å². The van der Waals surface area contributed by atoms with Crippen molar-refractivity contribution < 1.29 is 9.21 Å². The number of aryl methyl sites for hydroxylation is 2. The van der Waals surface area contributed by atoms with E-state index in [1.54, 1.807) is 16.0 Å². The number of hydrogen-bond acceptors (Lipinski definition) is 5. The zero-order chi connectivity index (χ0) is 20.7. The maximum atomic E-state index is 12.7. The lowest BCUT2D eigenvalue weighted by Crippen LogP contribution is -2.48. The van der Waals surface area contributed by atoms with Crippen LogP contribution >= 0.6 is 11.3 Å². The molecule has 1 aliphatic rings. The van der Waals surface area contributed by atoms with Crippen molar-refractivity contribution in [3.05, 3.63) is 64.3 Å². The molecular formula is C23H24N4O2S. The van der Waals surface area contributed by atoms with Gasteiger partial charge in [0.15, 0.2) is 5.69 Å². The summed E-state index contributed by atoms with van der Waals surface area (Å²) in [5.41, 5.74) is 4.90. The first-order valence-corrected chi connectivity index (χ1v) is 11.1. The Morgan fingerprint density at radius 3 is 2.63 bits per heavy atom. The monoisotopic (exact) mass is 420 g/mol. The smallest absolute Gasteiger partial charge is 0.274 e. The van der Waals surface area contributed by atoms with Crippen LogP contribution in [0, 0.1) is 6.92 Å². The number of carbonyl (C=O) groups is 1. The van der Waals surface area contributed by atoms with Crippen molar-refractivity contribution in [2.24, 2.45) is 7.05 Å². The summed E-state index contributed by atoms with van der Waals surface area (Å²) in [5.74, 6) is 0.982. The lowest BCUT2D eigenvalue weighted by molar-refractivity contribution is 0.0614. The molecule has 0 bridgehead atoms. The van der Waals surface area contributed by atoms with Crippen molar-refractivity contribution in [3.63, 3.8) is 0 Å². The fraction of sp³-hybridized carbons (Fsp3) is 0.304. The molecular weight excluding hydrogens is 396 g/mol. The van der Waals surface area contributed by atoms with E-state index in [-0.39, 0.29) is 5.91 Å². The Morgan fingerprint density at radius 2 is 1.93 bits per heavy atom. The summed E-state index contributed by atoms with van der Waals surface area (Å²) in [7, 11) is 1.86. The van der Waals surface area contributed by atoms with Crippen LogP contribution in [-0.4, -0.2) is 51.7 Å². The summed E-state index contributed by atoms with van der Waals surface area (Å²) in [4.78, 5) is 16.9. The number of hydrogen-bond donors (Lipinski definition) is 0. The molecule has 0 saturated carbocycles. The van der Waals surface area contributed by atoms with Crippen LogP contribution in [-0.2, 0) is 13.6 Å². The number of thiophene rings is 1. The average molecular weight is 421 g/mol. The number of aromatic nitrogens is 2. The lowest BCUT2D eigenvalue weighted by atomic mass is 10.1. The van der Waals surface area contributed by atoms with Gasteiger partial charge < -0.3 is 9.32 Å². The number of amides is 1. The summed E-state index contributed by atoms with van der Waals surface area (Å²) >= 11 is 1.71. The molecule has 1 aromatic carbocycles. The van der Waals surface area contributed by atoms with Crippen molar-refractivity contribution >= 4 is 28.2 Å². The molecule has 30 heavy (non-hydrogen) atoms. The Kier molecular flexibility index (Phi) is 4.92. The molecule has 154 valence electrons. The Hall–Kier alpha value is -2.90. The van der Waals surface area contributed by atoms with Gasteiger partial charge in [-0.2, -0.15) is 16.4 Å². The van der Waals surface area contributed by atoms with E-state index in [1.165, 1.54) is 11.1 Å². The van der Waals surface area contributed by atoms with Gasteiger partial charge in [-0.15, -0.1) is 0 Å². The molecule has 0 unspecified atom stereocenters. The predicted octanol–water partition coefficient (Wildman–Crippen LogP) is 4.16. The zero-order valence-corrected chi connectivity index (χ0v) is 18.0. The van der Waals surface area contributed by atoms with E-state index in [1.807, 2.05) is 24.9 Å². The minimum absolute atomic E-state index is 0.0167. The van der Waals surface area contributed by atoms with Gasteiger partial charge in [-0.3, -0.25) is 14.4 Å². The second kappa shape index (κ2) is 7.74. The fourth-order valence-electron chi connectivity index (χ4n) is 3.94. The molecule has 1 amide bonds. The molecule has 1 fully saturated rings. The van der Waals surface area contributed by atoms with Crippen molar-refractivity contribution in [2.45, 2.75) is 13.5 Å². The number of benzene rings is 1. The van der Waals surface area contributed by atoms with Crippen molar-refractivity contribution in [1.82, 2.24) is 19.6 Å². The van der Waals surface area contributed by atoms with Gasteiger partial charge >= 0.3 is 0 Å². The van der Waals surface area contributed by atoms with Gasteiger partial charge in [-0.05, 0) is 59.1 Å². The van der Waals surface area contributed by atoms with Crippen LogP contribution in [0.2, 0.25) is 0 Å². The standard InChI is InChI=1S/C23H24N4O2S/c1-16-11-21(24-25(16)2)23(28)27-8-6-26(7-9-27)14-20-13-19-12-17(3-4-22(19)29-20)18-5-10-30-15-18/h3-5,10-13,15H,6-9,14H2,1-2H3. The first kappa shape index (κ1) is 19.1. The highest BCUT2D eigenvalue weighted by atomic mass is 32.1. The summed E-state index contributed by atoms with van der Waals surface area (Å²) in [6.45, 7) is 5.78. The van der Waals surface area contributed by atoms with E-state index >= 15 is 0 Å². The number of piperazine rings is 1. The molecule has 0 spiro atoms. The summed E-state index contributed by atoms with van der Waals surface area (Å²) in [5, 5.41) is 9.71. The molecule has 0 aliphatic carbocycles. The molecule has 0 N–H and O–H groups in total. The third-order valence-electron chi connectivity index (χ3n) is 5.79. The number of furan rings is 1. The predicted molar refractivity (Wildman–Crippen MR) is 119 cm³/mol. The Morgan fingerprint density at radius 1 is 1.10 bits per heavy atom. The van der Waals surface area contributed by atoms with Crippen molar-refractivity contribution in [1.29, 1.82) is 0 Å². The molecule has 4 aromatic rings. The molecule has 7 heteroatoms. The van der Waals surface area contributed by atoms with E-state index in [4.69, 9.17) is 4.42 Å². The molecule has 3 aromatic heterocycles. The van der Waals surface area contributed by atoms with Crippen LogP contribution < -0.4 is 0 Å². The van der Waals surface area contributed by atoms with Gasteiger partial charge in [0.05, 0.1) is 6.54 Å². The summed E-state index contributed by atoms with van der Waals surface area (Å²) in [6.07, 6.45) is 0. The van der Waals surface area contributed by atoms with E-state index in [0.717, 1.165) is 42.1 Å². The van der Waals surface area contributed by atoms with E-state index in [0.29, 0.717) is 18.8 Å². The largest absolute Gasteiger partial charge is 0.460 e. The minimum atomic E-state index is 0.0167. The van der Waals surface area contributed by atoms with Crippen LogP contribution in [0.3, 0.4) is 0 Å². The van der Waals surface area contributed by atoms with E-state index in [2.05, 4.69) is 51.1 Å². The van der Waals surface area contributed by atoms with Gasteiger partial charge in [-0.1, -0.05) is 6.07 Å². The molecule has 1 saturated heterocycles. The van der Waals surface area contributed by atoms with Gasteiger partial charge in [0.25, 0.3) is 5.91 Å². The second-order valence-corrected chi connectivity index (χ2v) is 8.62. The van der Waals surface area contributed by atoms with Crippen LogP contribution in [0.4, 0.5) is 0 Å². The molecule has 6 nitrogen and oxygen atoms in total. The van der Waals surface area contributed by atoms with Gasteiger partial charge in [0.2, 0.25) is 0 Å². The highest BCUT2D eigenvalue weighted by molar-refractivity contribution is 7.08. The number of fused-ring (bicyclic) bond motifs is 1. The van der Waals surface area contributed by atoms with Crippen LogP contribution in [0.5, 0.6) is 0 Å². The Bertz CT molecular complexity index is 1160. The average Bonchev–Trinajstić information content (AvgIpc) is 3.48. The zero-order valence-electron chi connectivity index (χ0n) is 17.2. The first-order valence-electron chi connectivity index (χ1n) is 10.1. The third kappa shape index (κ3) is 3.66. The quantitative estimate of drug-likeness (QED) is 0.497. The fourth-order valence-corrected chi connectivity index (χ4v) is 4.61. The summed E-state index contributed by atoms with van der Waals surface area (Å²) < 4.78 is 7.82. The summed E-state index contributed by atoms with van der Waals surface area (Å²) in [6, 6.07) is 12.5. The van der Waals surface area contributed by atoms with Gasteiger partial charge in [-0.25, -0.2) is 0 Å². The van der Waals surface area contributed by atoms with E-state index < -0.39 is 0 Å². The third-order valence-corrected chi connectivity index (χ3v) is 6.48. The van der Waals surface area contributed by atoms with Crippen molar-refractivity contribution in [2.75, 3.05) is 26.2 Å². The van der Waals surface area contributed by atoms with E-state index in [9.17, 15) is 4.79 Å². The molecule has 0 atom stereocenters. The molecule has 0 radical (unpaired) electrons. The number of nitrogens with zero attached hydrogens (tertiary/aromatic N) is 4. The minimum Gasteiger partial charge on any atom is -0.460 e. The number of rotatable bonds is 4. The second-order valence-electron chi connectivity index (χ2n) is 7.84. The highest BCUT2D eigenvalue weighted by Gasteiger charge is 2.24. The maximum absolute atomic E-state index is 12.7. The Balaban J connectivity index is 1.23. The highest BCUT2D eigenvalue weighted by Crippen LogP contribution is 2.28. The van der Waals surface area contributed by atoms with Crippen LogP contribution in [0.25, 0.3) is 22.1 Å². The molecule has 1 aliphatic heterocycles. The Labute approximate surface area is 179 Å². The topological polar surface area (TPSA) is 54.5 Å². The number of carbonyl (C=O) groups excluding carboxylic acids is 1. The van der Waals surface area contributed by atoms with Crippen LogP contribution in [0.1, 0.15) is 21.9 Å². The molecule has 5 rings (SSSR count). The molecule has 4 heterocycles. The van der Waals surface area contributed by atoms with Crippen molar-refractivity contribution in [3.8, 4) is 11.1 Å². The van der Waals surface area contributed by atoms with Crippen LogP contribution in [0.15, 0.2) is 51.6 Å². The SMILES string of the molecule is Cc1cc(C(=O)N2CCN(Cc3cc4cc(-c5ccsc5)ccc4o3)CC2)nn1C.